The first-order chi connectivity index (χ1) is 11.7. The van der Waals surface area contributed by atoms with Crippen LogP contribution in [0.25, 0.3) is 0 Å². The van der Waals surface area contributed by atoms with Crippen molar-refractivity contribution in [3.63, 3.8) is 0 Å². The average Bonchev–Trinajstić information content (AvgIpc) is 3.42. The zero-order chi connectivity index (χ0) is 16.5. The molecule has 1 aromatic carbocycles. The molecule has 0 spiro atoms. The van der Waals surface area contributed by atoms with Gasteiger partial charge in [-0.25, -0.2) is 0 Å². The van der Waals surface area contributed by atoms with Crippen LogP contribution >= 0.6 is 11.6 Å². The molecule has 1 aromatic rings. The van der Waals surface area contributed by atoms with Crippen molar-refractivity contribution in [3.8, 4) is 5.75 Å². The highest BCUT2D eigenvalue weighted by atomic mass is 35.5. The molecule has 0 aromatic heterocycles. The number of ether oxygens (including phenoxy) is 2. The van der Waals surface area contributed by atoms with Gasteiger partial charge < -0.3 is 9.47 Å². The number of rotatable bonds is 5. The first-order valence-electron chi connectivity index (χ1n) is 9.21. The van der Waals surface area contributed by atoms with Gasteiger partial charge in [0.2, 0.25) is 0 Å². The second-order valence-corrected chi connectivity index (χ2v) is 7.67. The first-order valence-corrected chi connectivity index (χ1v) is 9.59. The van der Waals surface area contributed by atoms with Crippen molar-refractivity contribution in [2.24, 2.45) is 5.92 Å². The summed E-state index contributed by atoms with van der Waals surface area (Å²) in [5, 5.41) is 0.711. The molecule has 0 unspecified atom stereocenters. The molecule has 2 heterocycles. The van der Waals surface area contributed by atoms with Crippen molar-refractivity contribution in [1.29, 1.82) is 0 Å². The minimum absolute atomic E-state index is 0.552. The lowest BCUT2D eigenvalue weighted by Gasteiger charge is -2.48. The Kier molecular flexibility index (Phi) is 5.00. The van der Waals surface area contributed by atoms with Gasteiger partial charge in [0.1, 0.15) is 5.75 Å². The number of halogens is 1. The van der Waals surface area contributed by atoms with Crippen molar-refractivity contribution < 1.29 is 9.47 Å². The Morgan fingerprint density at radius 3 is 2.88 bits per heavy atom. The highest BCUT2D eigenvalue weighted by Gasteiger charge is 2.42. The van der Waals surface area contributed by atoms with E-state index in [1.807, 2.05) is 19.1 Å². The second-order valence-electron chi connectivity index (χ2n) is 7.27. The van der Waals surface area contributed by atoms with E-state index in [0.717, 1.165) is 44.5 Å². The average molecular weight is 351 g/mol. The predicted octanol–water partition coefficient (Wildman–Crippen LogP) is 3.03. The van der Waals surface area contributed by atoms with Crippen LogP contribution in [0.2, 0.25) is 5.02 Å². The fourth-order valence-corrected chi connectivity index (χ4v) is 4.40. The molecule has 132 valence electrons. The van der Waals surface area contributed by atoms with Crippen molar-refractivity contribution in [1.82, 2.24) is 9.80 Å². The molecule has 24 heavy (non-hydrogen) atoms. The molecule has 4 nitrogen and oxygen atoms in total. The van der Waals surface area contributed by atoms with Gasteiger partial charge in [-0.15, -0.1) is 0 Å². The molecule has 2 saturated heterocycles. The minimum Gasteiger partial charge on any atom is -0.492 e. The molecular weight excluding hydrogens is 324 g/mol. The standard InChI is InChI=1S/C19H27ClN2O2/c1-2-24-19-6-3-14(9-17(19)20)10-21-7-8-22-16(11-21)12-23-13-18(22)15-4-5-15/h3,6,9,15-16,18H,2,4-5,7-8,10-13H2,1H3/t16-,18-/m1/s1. The van der Waals surface area contributed by atoms with E-state index >= 15 is 0 Å². The summed E-state index contributed by atoms with van der Waals surface area (Å²) in [6.07, 6.45) is 2.79. The molecule has 3 fully saturated rings. The van der Waals surface area contributed by atoms with E-state index in [1.54, 1.807) is 0 Å². The SMILES string of the molecule is CCOc1ccc(CN2CCN3[C@@H](COC[C@@H]3C3CC3)C2)cc1Cl. The first kappa shape index (κ1) is 16.6. The van der Waals surface area contributed by atoms with Gasteiger partial charge in [0.15, 0.2) is 0 Å². The predicted molar refractivity (Wildman–Crippen MR) is 95.7 cm³/mol. The quantitative estimate of drug-likeness (QED) is 0.815. The van der Waals surface area contributed by atoms with Gasteiger partial charge in [0, 0.05) is 38.3 Å². The van der Waals surface area contributed by atoms with E-state index in [1.165, 1.54) is 24.9 Å². The number of morpholine rings is 1. The zero-order valence-electron chi connectivity index (χ0n) is 14.4. The van der Waals surface area contributed by atoms with Crippen LogP contribution in [-0.4, -0.2) is 61.3 Å². The smallest absolute Gasteiger partial charge is 0.137 e. The third-order valence-corrected chi connectivity index (χ3v) is 5.80. The summed E-state index contributed by atoms with van der Waals surface area (Å²) in [6.45, 7) is 8.78. The molecule has 0 amide bonds. The van der Waals surface area contributed by atoms with E-state index < -0.39 is 0 Å². The van der Waals surface area contributed by atoms with E-state index in [0.29, 0.717) is 23.7 Å². The Labute approximate surface area is 149 Å². The topological polar surface area (TPSA) is 24.9 Å². The molecular formula is C19H27ClN2O2. The van der Waals surface area contributed by atoms with Gasteiger partial charge >= 0.3 is 0 Å². The van der Waals surface area contributed by atoms with Crippen LogP contribution in [-0.2, 0) is 11.3 Å². The normalized spacial score (nSPS) is 28.6. The van der Waals surface area contributed by atoms with Gasteiger partial charge in [0.05, 0.1) is 24.8 Å². The fraction of sp³-hybridized carbons (Fsp3) is 0.684. The van der Waals surface area contributed by atoms with Crippen LogP contribution in [0.15, 0.2) is 18.2 Å². The van der Waals surface area contributed by atoms with E-state index in [2.05, 4.69) is 15.9 Å². The van der Waals surface area contributed by atoms with Crippen LogP contribution in [0, 0.1) is 5.92 Å². The third kappa shape index (κ3) is 3.57. The maximum atomic E-state index is 6.33. The van der Waals surface area contributed by atoms with Gasteiger partial charge in [-0.3, -0.25) is 9.80 Å². The molecule has 2 aliphatic heterocycles. The summed E-state index contributed by atoms with van der Waals surface area (Å²) in [4.78, 5) is 5.26. The number of benzene rings is 1. The number of piperazine rings is 1. The summed E-state index contributed by atoms with van der Waals surface area (Å²) in [5.74, 6) is 1.67. The summed E-state index contributed by atoms with van der Waals surface area (Å²) < 4.78 is 11.4. The Morgan fingerprint density at radius 2 is 2.12 bits per heavy atom. The molecule has 0 N–H and O–H groups in total. The summed E-state index contributed by atoms with van der Waals surface area (Å²) in [5.41, 5.74) is 1.26. The molecule has 5 heteroatoms. The van der Waals surface area contributed by atoms with Crippen molar-refractivity contribution >= 4 is 11.6 Å². The summed E-state index contributed by atoms with van der Waals surface area (Å²) in [7, 11) is 0. The fourth-order valence-electron chi connectivity index (χ4n) is 4.14. The van der Waals surface area contributed by atoms with Crippen molar-refractivity contribution in [2.75, 3.05) is 39.5 Å². The van der Waals surface area contributed by atoms with Gasteiger partial charge in [-0.05, 0) is 43.4 Å². The van der Waals surface area contributed by atoms with E-state index in [4.69, 9.17) is 21.1 Å². The van der Waals surface area contributed by atoms with Crippen LogP contribution in [0.5, 0.6) is 5.75 Å². The lowest BCUT2D eigenvalue weighted by atomic mass is 10.0. The van der Waals surface area contributed by atoms with Gasteiger partial charge in [-0.2, -0.15) is 0 Å². The number of hydrogen-bond donors (Lipinski definition) is 0. The van der Waals surface area contributed by atoms with Crippen molar-refractivity contribution in [2.45, 2.75) is 38.4 Å². The molecule has 4 rings (SSSR count). The molecule has 2 atom stereocenters. The zero-order valence-corrected chi connectivity index (χ0v) is 15.2. The van der Waals surface area contributed by atoms with Gasteiger partial charge in [-0.1, -0.05) is 17.7 Å². The lowest BCUT2D eigenvalue weighted by Crippen LogP contribution is -2.62. The maximum absolute atomic E-state index is 6.33. The maximum Gasteiger partial charge on any atom is 0.137 e. The highest BCUT2D eigenvalue weighted by molar-refractivity contribution is 6.32. The molecule has 0 radical (unpaired) electrons. The van der Waals surface area contributed by atoms with Crippen LogP contribution in [0.4, 0.5) is 0 Å². The van der Waals surface area contributed by atoms with Crippen molar-refractivity contribution in [3.05, 3.63) is 28.8 Å². The largest absolute Gasteiger partial charge is 0.492 e. The Morgan fingerprint density at radius 1 is 1.25 bits per heavy atom. The number of nitrogens with zero attached hydrogens (tertiary/aromatic N) is 2. The Balaban J connectivity index is 1.37. The van der Waals surface area contributed by atoms with E-state index in [9.17, 15) is 0 Å². The second kappa shape index (κ2) is 7.20. The van der Waals surface area contributed by atoms with Crippen LogP contribution < -0.4 is 4.74 Å². The monoisotopic (exact) mass is 350 g/mol. The molecule has 1 saturated carbocycles. The third-order valence-electron chi connectivity index (χ3n) is 5.51. The summed E-state index contributed by atoms with van der Waals surface area (Å²) in [6, 6.07) is 7.39. The number of hydrogen-bond acceptors (Lipinski definition) is 4. The van der Waals surface area contributed by atoms with Crippen LogP contribution in [0.3, 0.4) is 0 Å². The lowest BCUT2D eigenvalue weighted by molar-refractivity contribution is -0.0880. The number of fused-ring (bicyclic) bond motifs is 1. The van der Waals surface area contributed by atoms with E-state index in [-0.39, 0.29) is 0 Å². The van der Waals surface area contributed by atoms with Gasteiger partial charge in [0.25, 0.3) is 0 Å². The summed E-state index contributed by atoms with van der Waals surface area (Å²) >= 11 is 6.33. The van der Waals surface area contributed by atoms with Crippen LogP contribution in [0.1, 0.15) is 25.3 Å². The Hall–Kier alpha value is -0.810. The minimum atomic E-state index is 0.552. The molecule has 0 bridgehead atoms. The molecule has 3 aliphatic rings. The Bertz CT molecular complexity index is 578. The molecule has 1 aliphatic carbocycles. The highest BCUT2D eigenvalue weighted by Crippen LogP contribution is 2.38.